The normalized spacial score (nSPS) is 23.9. The van der Waals surface area contributed by atoms with Gasteiger partial charge in [0.25, 0.3) is 0 Å². The topological polar surface area (TPSA) is 68.3 Å². The lowest BCUT2D eigenvalue weighted by Gasteiger charge is -2.26. The number of fused-ring (bicyclic) bond motifs is 2. The largest absolute Gasteiger partial charge is 0.464 e. The van der Waals surface area contributed by atoms with E-state index in [0.29, 0.717) is 12.5 Å². The van der Waals surface area contributed by atoms with Gasteiger partial charge in [0.05, 0.1) is 12.7 Å². The number of hydrogen-bond donors (Lipinski definition) is 2. The second-order valence-electron chi connectivity index (χ2n) is 7.09. The summed E-state index contributed by atoms with van der Waals surface area (Å²) in [6.45, 7) is 0. The minimum absolute atomic E-state index is 0.0914. The van der Waals surface area contributed by atoms with Crippen LogP contribution in [0.1, 0.15) is 48.8 Å². The molecule has 1 heterocycles. The van der Waals surface area contributed by atoms with Crippen LogP contribution in [-0.4, -0.2) is 18.0 Å². The van der Waals surface area contributed by atoms with Crippen molar-refractivity contribution in [3.05, 3.63) is 35.1 Å². The molecule has 2 aromatic rings. The maximum absolute atomic E-state index is 12.4. The maximum atomic E-state index is 12.4. The van der Waals surface area contributed by atoms with E-state index in [-0.39, 0.29) is 11.9 Å². The molecule has 0 unspecified atom stereocenters. The Hall–Kier alpha value is -1.81. The fourth-order valence-corrected chi connectivity index (χ4v) is 4.00. The summed E-state index contributed by atoms with van der Waals surface area (Å²) in [5, 5.41) is 4.26. The van der Waals surface area contributed by atoms with Crippen LogP contribution >= 0.6 is 0 Å². The highest BCUT2D eigenvalue weighted by Crippen LogP contribution is 2.30. The summed E-state index contributed by atoms with van der Waals surface area (Å²) in [7, 11) is 0. The van der Waals surface area contributed by atoms with Gasteiger partial charge in [-0.2, -0.15) is 0 Å². The van der Waals surface area contributed by atoms with Gasteiger partial charge in [-0.05, 0) is 68.2 Å². The number of furan rings is 1. The predicted octanol–water partition coefficient (Wildman–Crippen LogP) is 2.85. The first-order valence-electron chi connectivity index (χ1n) is 8.76. The molecule has 4 rings (SSSR count). The van der Waals surface area contributed by atoms with Crippen LogP contribution in [-0.2, 0) is 24.1 Å². The number of hydrogen-bond acceptors (Lipinski definition) is 3. The smallest absolute Gasteiger partial charge is 0.224 e. The molecule has 122 valence electrons. The number of carbonyl (C=O) groups is 1. The number of aryl methyl sites for hydroxylation is 2. The molecule has 0 spiro atoms. The molecule has 1 aromatic heterocycles. The molecule has 4 heteroatoms. The number of nitrogens with two attached hydrogens (primary N) is 1. The van der Waals surface area contributed by atoms with Crippen LogP contribution in [0, 0.1) is 0 Å². The molecule has 2 aliphatic rings. The highest BCUT2D eigenvalue weighted by molar-refractivity contribution is 5.88. The Morgan fingerprint density at radius 2 is 1.91 bits per heavy atom. The zero-order chi connectivity index (χ0) is 15.8. The zero-order valence-corrected chi connectivity index (χ0v) is 13.4. The van der Waals surface area contributed by atoms with Crippen molar-refractivity contribution in [2.45, 2.75) is 63.5 Å². The third kappa shape index (κ3) is 3.00. The van der Waals surface area contributed by atoms with Crippen molar-refractivity contribution in [1.82, 2.24) is 5.32 Å². The van der Waals surface area contributed by atoms with E-state index in [2.05, 4.69) is 17.4 Å². The molecule has 2 aliphatic carbocycles. The van der Waals surface area contributed by atoms with E-state index in [0.717, 1.165) is 55.1 Å². The quantitative estimate of drug-likeness (QED) is 0.915. The molecule has 4 nitrogen and oxygen atoms in total. The van der Waals surface area contributed by atoms with Gasteiger partial charge >= 0.3 is 0 Å². The van der Waals surface area contributed by atoms with Crippen LogP contribution in [0.3, 0.4) is 0 Å². The first-order chi connectivity index (χ1) is 11.2. The Morgan fingerprint density at radius 3 is 2.70 bits per heavy atom. The molecule has 1 aromatic carbocycles. The van der Waals surface area contributed by atoms with Gasteiger partial charge in [0, 0.05) is 23.0 Å². The first kappa shape index (κ1) is 14.8. The summed E-state index contributed by atoms with van der Waals surface area (Å²) in [6, 6.07) is 4.97. The number of nitrogens with one attached hydrogen (secondary N) is 1. The molecule has 0 atom stereocenters. The van der Waals surface area contributed by atoms with Crippen LogP contribution < -0.4 is 11.1 Å². The van der Waals surface area contributed by atoms with Crippen molar-refractivity contribution in [1.29, 1.82) is 0 Å². The Kier molecular flexibility index (Phi) is 3.85. The van der Waals surface area contributed by atoms with Gasteiger partial charge < -0.3 is 15.5 Å². The van der Waals surface area contributed by atoms with Gasteiger partial charge in [0.15, 0.2) is 0 Å². The van der Waals surface area contributed by atoms with Crippen molar-refractivity contribution in [3.8, 4) is 0 Å². The van der Waals surface area contributed by atoms with Crippen molar-refractivity contribution in [2.24, 2.45) is 5.73 Å². The summed E-state index contributed by atoms with van der Waals surface area (Å²) in [6.07, 6.45) is 9.65. The lowest BCUT2D eigenvalue weighted by atomic mass is 9.91. The van der Waals surface area contributed by atoms with Gasteiger partial charge in [-0.25, -0.2) is 0 Å². The van der Waals surface area contributed by atoms with Crippen LogP contribution in [0.5, 0.6) is 0 Å². The highest BCUT2D eigenvalue weighted by atomic mass is 16.3. The molecule has 0 bridgehead atoms. The van der Waals surface area contributed by atoms with Crippen molar-refractivity contribution >= 4 is 16.9 Å². The standard InChI is InChI=1S/C19H24N2O2/c20-15-4-6-16(7-5-15)21-19(22)10-14-11-23-18-9-13-3-1-2-12(13)8-17(14)18/h8-9,11,15-16H,1-7,10,20H2,(H,21,22). The van der Waals surface area contributed by atoms with Gasteiger partial charge in [-0.3, -0.25) is 4.79 Å². The molecule has 1 amide bonds. The SMILES string of the molecule is NC1CCC(NC(=O)Cc2coc3cc4c(cc23)CCC4)CC1. The van der Waals surface area contributed by atoms with Crippen LogP contribution in [0.25, 0.3) is 11.0 Å². The number of carbonyl (C=O) groups excluding carboxylic acids is 1. The lowest BCUT2D eigenvalue weighted by molar-refractivity contribution is -0.121. The summed E-state index contributed by atoms with van der Waals surface area (Å²) in [4.78, 5) is 12.4. The second kappa shape index (κ2) is 6.00. The van der Waals surface area contributed by atoms with E-state index in [4.69, 9.17) is 10.2 Å². The minimum Gasteiger partial charge on any atom is -0.464 e. The Labute approximate surface area is 136 Å². The third-order valence-corrected chi connectivity index (χ3v) is 5.36. The molecule has 1 fully saturated rings. The monoisotopic (exact) mass is 312 g/mol. The van der Waals surface area contributed by atoms with Gasteiger partial charge in [0.1, 0.15) is 5.58 Å². The van der Waals surface area contributed by atoms with E-state index in [1.54, 1.807) is 6.26 Å². The fourth-order valence-electron chi connectivity index (χ4n) is 4.00. The first-order valence-corrected chi connectivity index (χ1v) is 8.76. The fraction of sp³-hybridized carbons (Fsp3) is 0.526. The number of amides is 1. The summed E-state index contributed by atoms with van der Waals surface area (Å²) in [5.74, 6) is 0.0914. The highest BCUT2D eigenvalue weighted by Gasteiger charge is 2.21. The van der Waals surface area contributed by atoms with Gasteiger partial charge in [-0.15, -0.1) is 0 Å². The third-order valence-electron chi connectivity index (χ3n) is 5.36. The molecular formula is C19H24N2O2. The van der Waals surface area contributed by atoms with Crippen molar-refractivity contribution < 1.29 is 9.21 Å². The van der Waals surface area contributed by atoms with Crippen LogP contribution in [0.2, 0.25) is 0 Å². The van der Waals surface area contributed by atoms with Crippen LogP contribution in [0.4, 0.5) is 0 Å². The van der Waals surface area contributed by atoms with Crippen LogP contribution in [0.15, 0.2) is 22.8 Å². The number of rotatable bonds is 3. The molecular weight excluding hydrogens is 288 g/mol. The van der Waals surface area contributed by atoms with E-state index < -0.39 is 0 Å². The molecule has 1 saturated carbocycles. The summed E-state index contributed by atoms with van der Waals surface area (Å²) in [5.41, 5.74) is 10.7. The maximum Gasteiger partial charge on any atom is 0.224 e. The van der Waals surface area contributed by atoms with E-state index in [9.17, 15) is 4.79 Å². The molecule has 0 radical (unpaired) electrons. The molecule has 23 heavy (non-hydrogen) atoms. The average Bonchev–Trinajstić information content (AvgIpc) is 3.14. The Morgan fingerprint density at radius 1 is 1.17 bits per heavy atom. The van der Waals surface area contributed by atoms with Crippen molar-refractivity contribution in [3.63, 3.8) is 0 Å². The predicted molar refractivity (Wildman–Crippen MR) is 90.3 cm³/mol. The van der Waals surface area contributed by atoms with Gasteiger partial charge in [-0.1, -0.05) is 0 Å². The molecule has 0 aliphatic heterocycles. The summed E-state index contributed by atoms with van der Waals surface area (Å²) < 4.78 is 5.68. The second-order valence-corrected chi connectivity index (χ2v) is 7.09. The van der Waals surface area contributed by atoms with E-state index in [1.165, 1.54) is 17.5 Å². The lowest BCUT2D eigenvalue weighted by Crippen LogP contribution is -2.41. The average molecular weight is 312 g/mol. The Balaban J connectivity index is 1.46. The zero-order valence-electron chi connectivity index (χ0n) is 13.4. The molecule has 3 N–H and O–H groups in total. The van der Waals surface area contributed by atoms with Crippen molar-refractivity contribution in [2.75, 3.05) is 0 Å². The number of benzene rings is 1. The minimum atomic E-state index is 0.0914. The van der Waals surface area contributed by atoms with E-state index >= 15 is 0 Å². The Bertz CT molecular complexity index is 726. The van der Waals surface area contributed by atoms with Gasteiger partial charge in [0.2, 0.25) is 5.91 Å². The van der Waals surface area contributed by atoms with E-state index in [1.807, 2.05) is 0 Å². The summed E-state index contributed by atoms with van der Waals surface area (Å²) >= 11 is 0. The molecule has 0 saturated heterocycles.